The van der Waals surface area contributed by atoms with Crippen LogP contribution in [0.15, 0.2) is 28.4 Å². The number of H-pyrrole nitrogens is 1. The molecule has 1 heterocycles. The van der Waals surface area contributed by atoms with Crippen molar-refractivity contribution >= 4 is 17.2 Å². The molecule has 2 rings (SSSR count). The molecule has 0 spiro atoms. The van der Waals surface area contributed by atoms with Crippen LogP contribution >= 0.6 is 11.3 Å². The predicted molar refractivity (Wildman–Crippen MR) is 65.9 cm³/mol. The molecule has 18 heavy (non-hydrogen) atoms. The second-order valence-corrected chi connectivity index (χ2v) is 4.37. The van der Waals surface area contributed by atoms with Gasteiger partial charge < -0.3 is 20.5 Å². The summed E-state index contributed by atoms with van der Waals surface area (Å²) < 4.78 is 0. The smallest absolute Gasteiger partial charge is 0.304 e. The summed E-state index contributed by atoms with van der Waals surface area (Å²) in [6.45, 7) is 0.146. The minimum atomic E-state index is -0.532. The van der Waals surface area contributed by atoms with Gasteiger partial charge in [0.1, 0.15) is 0 Å². The monoisotopic (exact) mass is 266 g/mol. The van der Waals surface area contributed by atoms with Crippen molar-refractivity contribution in [2.24, 2.45) is 0 Å². The zero-order chi connectivity index (χ0) is 13.1. The third kappa shape index (κ3) is 2.51. The normalized spacial score (nSPS) is 10.2. The number of aromatic nitrogens is 1. The van der Waals surface area contributed by atoms with Crippen LogP contribution in [0.25, 0.3) is 0 Å². The van der Waals surface area contributed by atoms with Crippen LogP contribution in [-0.2, 0) is 6.54 Å². The Bertz CT molecular complexity index is 632. The highest BCUT2D eigenvalue weighted by atomic mass is 32.1. The molecule has 7 heteroatoms. The number of thiazole rings is 1. The molecule has 1 amide bonds. The summed E-state index contributed by atoms with van der Waals surface area (Å²) in [4.78, 5) is 25.0. The number of amides is 1. The van der Waals surface area contributed by atoms with E-state index in [0.29, 0.717) is 5.69 Å². The van der Waals surface area contributed by atoms with E-state index in [1.165, 1.54) is 18.2 Å². The zero-order valence-electron chi connectivity index (χ0n) is 9.14. The molecular formula is C11H10N2O4S. The van der Waals surface area contributed by atoms with Crippen LogP contribution in [-0.4, -0.2) is 21.1 Å². The fourth-order valence-electron chi connectivity index (χ4n) is 1.39. The topological polar surface area (TPSA) is 102 Å². The lowest BCUT2D eigenvalue weighted by molar-refractivity contribution is 0.0947. The number of nitrogens with one attached hydrogen (secondary N) is 2. The Balaban J connectivity index is 2.08. The second kappa shape index (κ2) is 4.92. The summed E-state index contributed by atoms with van der Waals surface area (Å²) in [5.41, 5.74) is 0.561. The molecule has 0 aliphatic heterocycles. The van der Waals surface area contributed by atoms with Crippen molar-refractivity contribution in [3.05, 3.63) is 44.5 Å². The molecule has 94 valence electrons. The molecule has 0 bridgehead atoms. The number of aromatic hydroxyl groups is 2. The predicted octanol–water partition coefficient (Wildman–Crippen LogP) is 0.778. The Labute approximate surface area is 106 Å². The molecule has 0 saturated heterocycles. The molecule has 4 N–H and O–H groups in total. The second-order valence-electron chi connectivity index (χ2n) is 3.53. The van der Waals surface area contributed by atoms with E-state index >= 15 is 0 Å². The van der Waals surface area contributed by atoms with E-state index in [0.717, 1.165) is 11.3 Å². The number of hydrogen-bond acceptors (Lipinski definition) is 5. The molecule has 6 nitrogen and oxygen atoms in total. The minimum absolute atomic E-state index is 0.0208. The highest BCUT2D eigenvalue weighted by Gasteiger charge is 2.13. The maximum Gasteiger partial charge on any atom is 0.304 e. The van der Waals surface area contributed by atoms with Crippen molar-refractivity contribution in [3.8, 4) is 11.5 Å². The van der Waals surface area contributed by atoms with E-state index in [1.54, 1.807) is 5.38 Å². The molecule has 0 unspecified atom stereocenters. The first-order chi connectivity index (χ1) is 8.58. The van der Waals surface area contributed by atoms with Gasteiger partial charge in [0, 0.05) is 11.1 Å². The van der Waals surface area contributed by atoms with Gasteiger partial charge in [-0.15, -0.1) is 0 Å². The summed E-state index contributed by atoms with van der Waals surface area (Å²) in [5, 5.41) is 22.9. The van der Waals surface area contributed by atoms with E-state index in [1.807, 2.05) is 0 Å². The number of carbonyl (C=O) groups is 1. The van der Waals surface area contributed by atoms with Crippen molar-refractivity contribution < 1.29 is 15.0 Å². The highest BCUT2D eigenvalue weighted by molar-refractivity contribution is 7.07. The number of rotatable bonds is 3. The number of carbonyl (C=O) groups excluding carboxylic acids is 1. The van der Waals surface area contributed by atoms with E-state index in [4.69, 9.17) is 0 Å². The minimum Gasteiger partial charge on any atom is -0.504 e. The number of benzene rings is 1. The average molecular weight is 266 g/mol. The molecule has 1 aromatic heterocycles. The van der Waals surface area contributed by atoms with Crippen molar-refractivity contribution in [1.82, 2.24) is 10.3 Å². The lowest BCUT2D eigenvalue weighted by atomic mass is 10.1. The molecule has 0 aliphatic carbocycles. The first-order valence-corrected chi connectivity index (χ1v) is 5.91. The highest BCUT2D eigenvalue weighted by Crippen LogP contribution is 2.27. The Morgan fingerprint density at radius 1 is 1.39 bits per heavy atom. The lowest BCUT2D eigenvalue weighted by Crippen LogP contribution is -2.23. The van der Waals surface area contributed by atoms with Crippen LogP contribution in [0, 0.1) is 0 Å². The van der Waals surface area contributed by atoms with E-state index in [-0.39, 0.29) is 22.7 Å². The van der Waals surface area contributed by atoms with Gasteiger partial charge in [-0.1, -0.05) is 17.4 Å². The summed E-state index contributed by atoms with van der Waals surface area (Å²) in [7, 11) is 0. The van der Waals surface area contributed by atoms with Gasteiger partial charge in [0.25, 0.3) is 5.91 Å². The third-order valence-corrected chi connectivity index (χ3v) is 2.99. The van der Waals surface area contributed by atoms with Gasteiger partial charge >= 0.3 is 4.87 Å². The first-order valence-electron chi connectivity index (χ1n) is 5.04. The molecule has 2 aromatic rings. The number of phenols is 2. The maximum atomic E-state index is 11.7. The molecule has 0 radical (unpaired) electrons. The maximum absolute atomic E-state index is 11.7. The first kappa shape index (κ1) is 12.2. The Morgan fingerprint density at radius 2 is 2.17 bits per heavy atom. The quantitative estimate of drug-likeness (QED) is 0.616. The Hall–Kier alpha value is -2.28. The van der Waals surface area contributed by atoms with Crippen molar-refractivity contribution in [3.63, 3.8) is 0 Å². The van der Waals surface area contributed by atoms with Crippen LogP contribution < -0.4 is 10.2 Å². The Morgan fingerprint density at radius 3 is 2.83 bits per heavy atom. The number of aromatic amines is 1. The van der Waals surface area contributed by atoms with E-state index in [2.05, 4.69) is 10.3 Å². The molecule has 0 aliphatic rings. The standard InChI is InChI=1S/C11H10N2O4S/c14-8-3-1-2-7(9(8)15)10(16)12-4-6-5-18-11(17)13-6/h1-3,5,14-15H,4H2,(H,12,16)(H,13,17). The summed E-state index contributed by atoms with van der Waals surface area (Å²) in [6, 6.07) is 4.12. The number of phenolic OH excluding ortho intramolecular Hbond substituents is 2. The van der Waals surface area contributed by atoms with Gasteiger partial charge in [-0.05, 0) is 12.1 Å². The molecular weight excluding hydrogens is 256 g/mol. The lowest BCUT2D eigenvalue weighted by Gasteiger charge is -2.06. The largest absolute Gasteiger partial charge is 0.504 e. The summed E-state index contributed by atoms with van der Waals surface area (Å²) in [5.74, 6) is -1.35. The third-order valence-electron chi connectivity index (χ3n) is 2.27. The van der Waals surface area contributed by atoms with Gasteiger partial charge in [-0.2, -0.15) is 0 Å². The van der Waals surface area contributed by atoms with Gasteiger partial charge in [-0.25, -0.2) is 0 Å². The number of hydrogen-bond donors (Lipinski definition) is 4. The van der Waals surface area contributed by atoms with Crippen LogP contribution in [0.4, 0.5) is 0 Å². The van der Waals surface area contributed by atoms with E-state index in [9.17, 15) is 19.8 Å². The van der Waals surface area contributed by atoms with Crippen molar-refractivity contribution in [2.45, 2.75) is 6.54 Å². The van der Waals surface area contributed by atoms with E-state index < -0.39 is 11.7 Å². The fraction of sp³-hybridized carbons (Fsp3) is 0.0909. The van der Waals surface area contributed by atoms with Crippen LogP contribution in [0.3, 0.4) is 0 Å². The molecule has 1 aromatic carbocycles. The van der Waals surface area contributed by atoms with Crippen LogP contribution in [0.1, 0.15) is 16.1 Å². The van der Waals surface area contributed by atoms with Gasteiger partial charge in [0.15, 0.2) is 11.5 Å². The Kier molecular flexibility index (Phi) is 3.33. The van der Waals surface area contributed by atoms with Crippen LogP contribution in [0.2, 0.25) is 0 Å². The van der Waals surface area contributed by atoms with Crippen LogP contribution in [0.5, 0.6) is 11.5 Å². The average Bonchev–Trinajstić information content (AvgIpc) is 2.76. The molecule has 0 atom stereocenters. The SMILES string of the molecule is O=C(NCc1csc(=O)[nH]1)c1cccc(O)c1O. The van der Waals surface area contributed by atoms with Gasteiger partial charge in [-0.3, -0.25) is 9.59 Å². The summed E-state index contributed by atoms with van der Waals surface area (Å²) >= 11 is 1.01. The zero-order valence-corrected chi connectivity index (χ0v) is 9.95. The van der Waals surface area contributed by atoms with Gasteiger partial charge in [0.2, 0.25) is 0 Å². The number of para-hydroxylation sites is 1. The molecule has 0 saturated carbocycles. The summed E-state index contributed by atoms with van der Waals surface area (Å²) in [6.07, 6.45) is 0. The van der Waals surface area contributed by atoms with Crippen molar-refractivity contribution in [1.29, 1.82) is 0 Å². The van der Waals surface area contributed by atoms with Crippen molar-refractivity contribution in [2.75, 3.05) is 0 Å². The fourth-order valence-corrected chi connectivity index (χ4v) is 1.97. The van der Waals surface area contributed by atoms with Gasteiger partial charge in [0.05, 0.1) is 12.1 Å². The molecule has 0 fully saturated rings.